The zero-order valence-corrected chi connectivity index (χ0v) is 16.0. The fourth-order valence-electron chi connectivity index (χ4n) is 2.61. The van der Waals surface area contributed by atoms with Crippen LogP contribution >= 0.6 is 0 Å². The van der Waals surface area contributed by atoms with E-state index in [1.54, 1.807) is 24.1 Å². The number of carbonyl (C=O) groups excluding carboxylic acids is 1. The summed E-state index contributed by atoms with van der Waals surface area (Å²) in [7, 11) is 5.69. The predicted molar refractivity (Wildman–Crippen MR) is 109 cm³/mol. The third kappa shape index (κ3) is 4.07. The van der Waals surface area contributed by atoms with Crippen LogP contribution in [0.25, 0.3) is 11.0 Å². The topological polar surface area (TPSA) is 140 Å². The van der Waals surface area contributed by atoms with Crippen LogP contribution in [0.1, 0.15) is 16.1 Å². The summed E-state index contributed by atoms with van der Waals surface area (Å²) in [5.41, 5.74) is 7.73. The number of hydrogen-bond acceptors (Lipinski definition) is 8. The molecule has 0 radical (unpaired) electrons. The third-order valence-electron chi connectivity index (χ3n) is 4.26. The van der Waals surface area contributed by atoms with E-state index < -0.39 is 0 Å². The summed E-state index contributed by atoms with van der Waals surface area (Å²) in [5.74, 6) is 0.872. The van der Waals surface area contributed by atoms with Crippen molar-refractivity contribution in [2.75, 3.05) is 45.3 Å². The molecule has 0 fully saturated rings. The van der Waals surface area contributed by atoms with Crippen LogP contribution in [0.5, 0.6) is 0 Å². The molecule has 0 aliphatic heterocycles. The third-order valence-corrected chi connectivity index (χ3v) is 4.26. The number of nitrogens with one attached hydrogen (secondary N) is 3. The number of rotatable bonds is 7. The van der Waals surface area contributed by atoms with Gasteiger partial charge in [0.05, 0.1) is 17.3 Å². The van der Waals surface area contributed by atoms with Crippen LogP contribution in [0.4, 0.5) is 17.3 Å². The van der Waals surface area contributed by atoms with E-state index in [0.717, 1.165) is 12.8 Å². The highest BCUT2D eigenvalue weighted by molar-refractivity contribution is 6.00. The molecule has 10 nitrogen and oxygen atoms in total. The van der Waals surface area contributed by atoms with Crippen molar-refractivity contribution in [1.82, 2.24) is 29.7 Å². The lowest BCUT2D eigenvalue weighted by molar-refractivity contribution is 0.0781. The molecule has 5 N–H and O–H groups in total. The number of nitrogens with two attached hydrogens (primary N) is 1. The molecule has 0 spiro atoms. The number of anilines is 3. The van der Waals surface area contributed by atoms with Crippen LogP contribution in [-0.2, 0) is 0 Å². The number of amides is 1. The first-order valence-corrected chi connectivity index (χ1v) is 8.66. The quantitative estimate of drug-likeness (QED) is 0.452. The van der Waals surface area contributed by atoms with Gasteiger partial charge < -0.3 is 31.2 Å². The number of carbonyl (C=O) groups is 1. The van der Waals surface area contributed by atoms with Crippen molar-refractivity contribution in [3.63, 3.8) is 0 Å². The number of fused-ring (bicyclic) bond motifs is 1. The van der Waals surface area contributed by atoms with Gasteiger partial charge in [0.1, 0.15) is 29.3 Å². The van der Waals surface area contributed by atoms with Gasteiger partial charge in [-0.25, -0.2) is 15.0 Å². The molecule has 3 aromatic rings. The highest BCUT2D eigenvalue weighted by Crippen LogP contribution is 2.24. The maximum Gasteiger partial charge on any atom is 0.270 e. The first kappa shape index (κ1) is 19.2. The van der Waals surface area contributed by atoms with Crippen molar-refractivity contribution in [3.8, 4) is 0 Å². The number of aromatic nitrogens is 4. The van der Waals surface area contributed by atoms with E-state index in [1.807, 2.05) is 19.0 Å². The Morgan fingerprint density at radius 3 is 2.75 bits per heavy atom. The van der Waals surface area contributed by atoms with Crippen LogP contribution < -0.4 is 11.1 Å². The molecule has 3 aromatic heterocycles. The van der Waals surface area contributed by atoms with Crippen molar-refractivity contribution in [2.24, 2.45) is 0 Å². The minimum atomic E-state index is -0.123. The Bertz CT molecular complexity index is 1010. The number of hydrogen-bond donors (Lipinski definition) is 4. The van der Waals surface area contributed by atoms with E-state index >= 15 is 0 Å². The maximum absolute atomic E-state index is 12.7. The zero-order valence-electron chi connectivity index (χ0n) is 16.0. The fourth-order valence-corrected chi connectivity index (χ4v) is 2.61. The highest BCUT2D eigenvalue weighted by atomic mass is 16.2. The first-order chi connectivity index (χ1) is 13.4. The molecule has 0 aliphatic rings. The smallest absolute Gasteiger partial charge is 0.270 e. The van der Waals surface area contributed by atoms with Gasteiger partial charge in [-0.3, -0.25) is 4.79 Å². The molecule has 0 atom stereocenters. The van der Waals surface area contributed by atoms with Crippen LogP contribution in [0.2, 0.25) is 0 Å². The molecule has 1 amide bonds. The Hall–Kier alpha value is -3.53. The summed E-state index contributed by atoms with van der Waals surface area (Å²) in [6, 6.07) is 3.38. The van der Waals surface area contributed by atoms with E-state index in [4.69, 9.17) is 11.1 Å². The van der Waals surface area contributed by atoms with Crippen LogP contribution in [0.3, 0.4) is 0 Å². The van der Waals surface area contributed by atoms with Crippen LogP contribution in [0.15, 0.2) is 24.7 Å². The zero-order chi connectivity index (χ0) is 20.3. The van der Waals surface area contributed by atoms with Crippen molar-refractivity contribution < 1.29 is 4.79 Å². The average molecular weight is 381 g/mol. The molecule has 0 bridgehead atoms. The van der Waals surface area contributed by atoms with Crippen LogP contribution in [-0.4, -0.2) is 76.1 Å². The van der Waals surface area contributed by atoms with Gasteiger partial charge in [0.2, 0.25) is 0 Å². The number of pyridine rings is 1. The Balaban J connectivity index is 1.87. The Morgan fingerprint density at radius 2 is 2.04 bits per heavy atom. The molecular formula is C18H23N9O. The normalized spacial score (nSPS) is 11.0. The van der Waals surface area contributed by atoms with Gasteiger partial charge in [-0.05, 0) is 26.2 Å². The molecule has 0 aliphatic carbocycles. The van der Waals surface area contributed by atoms with E-state index in [1.165, 1.54) is 12.5 Å². The second kappa shape index (κ2) is 8.01. The summed E-state index contributed by atoms with van der Waals surface area (Å²) >= 11 is 0. The molecular weight excluding hydrogens is 358 g/mol. The molecule has 146 valence electrons. The molecule has 3 heterocycles. The number of nitrogen functional groups attached to an aromatic ring is 1. The Kier molecular flexibility index (Phi) is 5.50. The maximum atomic E-state index is 12.7. The molecule has 0 saturated heterocycles. The lowest BCUT2D eigenvalue weighted by atomic mass is 10.2. The van der Waals surface area contributed by atoms with Gasteiger partial charge in [0, 0.05) is 31.9 Å². The summed E-state index contributed by atoms with van der Waals surface area (Å²) in [5, 5.41) is 11.2. The Labute approximate surface area is 162 Å². The van der Waals surface area contributed by atoms with Crippen LogP contribution in [0, 0.1) is 5.41 Å². The molecule has 3 rings (SSSR count). The molecule has 0 unspecified atom stereocenters. The lowest BCUT2D eigenvalue weighted by Crippen LogP contribution is -2.33. The van der Waals surface area contributed by atoms with E-state index in [0.29, 0.717) is 46.2 Å². The minimum absolute atomic E-state index is 0.123. The van der Waals surface area contributed by atoms with Crippen molar-refractivity contribution in [2.45, 2.75) is 0 Å². The second-order valence-electron chi connectivity index (χ2n) is 6.67. The van der Waals surface area contributed by atoms with Gasteiger partial charge in [0.25, 0.3) is 5.91 Å². The highest BCUT2D eigenvalue weighted by Gasteiger charge is 2.17. The first-order valence-electron chi connectivity index (χ1n) is 8.66. The summed E-state index contributed by atoms with van der Waals surface area (Å²) < 4.78 is 0. The predicted octanol–water partition coefficient (Wildman–Crippen LogP) is 1.31. The average Bonchev–Trinajstić information content (AvgIpc) is 3.12. The molecule has 0 aromatic carbocycles. The molecule has 0 saturated carbocycles. The number of aromatic amines is 1. The number of likely N-dealkylation sites (N-methyl/N-ethyl adjacent to an activating group) is 2. The van der Waals surface area contributed by atoms with Crippen molar-refractivity contribution in [3.05, 3.63) is 35.9 Å². The molecule has 28 heavy (non-hydrogen) atoms. The number of nitrogens with zero attached hydrogens (tertiary/aromatic N) is 5. The summed E-state index contributed by atoms with van der Waals surface area (Å²) in [6.45, 7) is 1.38. The fraction of sp³-hybridized carbons (Fsp3) is 0.278. The monoisotopic (exact) mass is 381 g/mol. The van der Waals surface area contributed by atoms with Crippen molar-refractivity contribution >= 4 is 40.5 Å². The SMILES string of the molecule is CN(C)CCN(C)C(=O)c1cc2c(Nc3cc(C=N)c(N)cn3)ncnc2[nH]1. The van der Waals surface area contributed by atoms with E-state index in [9.17, 15) is 4.79 Å². The summed E-state index contributed by atoms with van der Waals surface area (Å²) in [6.07, 6.45) is 4.04. The largest absolute Gasteiger partial charge is 0.397 e. The van der Waals surface area contributed by atoms with Gasteiger partial charge in [0.15, 0.2) is 0 Å². The van der Waals surface area contributed by atoms with Crippen molar-refractivity contribution in [1.29, 1.82) is 5.41 Å². The lowest BCUT2D eigenvalue weighted by Gasteiger charge is -2.18. The van der Waals surface area contributed by atoms with E-state index in [-0.39, 0.29) is 5.91 Å². The van der Waals surface area contributed by atoms with Gasteiger partial charge in [-0.15, -0.1) is 0 Å². The van der Waals surface area contributed by atoms with Gasteiger partial charge >= 0.3 is 0 Å². The summed E-state index contributed by atoms with van der Waals surface area (Å²) in [4.78, 5) is 32.1. The van der Waals surface area contributed by atoms with Gasteiger partial charge in [-0.2, -0.15) is 0 Å². The standard InChI is InChI=1S/C18H23N9O/c1-26(2)4-5-27(3)18(28)14-7-12-16(24-14)22-10-23-17(12)25-15-6-11(8-19)13(20)9-21-15/h6-10,19H,4-5,20H2,1-3H3,(H2,21,22,23,24,25). The molecule has 10 heteroatoms. The Morgan fingerprint density at radius 1 is 1.25 bits per heavy atom. The van der Waals surface area contributed by atoms with E-state index in [2.05, 4.69) is 25.3 Å². The van der Waals surface area contributed by atoms with Gasteiger partial charge in [-0.1, -0.05) is 0 Å². The minimum Gasteiger partial charge on any atom is -0.397 e. The number of H-pyrrole nitrogens is 1. The second-order valence-corrected chi connectivity index (χ2v) is 6.67.